The number of hydrogen-bond donors (Lipinski definition) is 0. The zero-order valence-corrected chi connectivity index (χ0v) is 21.6. The van der Waals surface area contributed by atoms with Gasteiger partial charge in [0.15, 0.2) is 0 Å². The molecule has 32 heavy (non-hydrogen) atoms. The van der Waals surface area contributed by atoms with Gasteiger partial charge in [-0.25, -0.2) is 4.79 Å². The molecule has 5 heteroatoms. The Bertz CT molecular complexity index is 678. The van der Waals surface area contributed by atoms with Crippen LogP contribution in [0.4, 0.5) is 0 Å². The second-order valence-electron chi connectivity index (χ2n) is 11.8. The minimum Gasteiger partial charge on any atom is -0.456 e. The van der Waals surface area contributed by atoms with E-state index >= 15 is 0 Å². The summed E-state index contributed by atoms with van der Waals surface area (Å²) in [6, 6.07) is 0. The summed E-state index contributed by atoms with van der Waals surface area (Å²) in [5.74, 6) is 0.293. The smallest absolute Gasteiger partial charge is 0.333 e. The summed E-state index contributed by atoms with van der Waals surface area (Å²) in [7, 11) is 0. The van der Waals surface area contributed by atoms with Gasteiger partial charge in [0.25, 0.3) is 0 Å². The van der Waals surface area contributed by atoms with E-state index in [-0.39, 0.29) is 24.4 Å². The van der Waals surface area contributed by atoms with Crippen LogP contribution in [0.3, 0.4) is 0 Å². The Balaban J connectivity index is 1.89. The fourth-order valence-electron chi connectivity index (χ4n) is 5.03. The van der Waals surface area contributed by atoms with Crippen LogP contribution in [0.15, 0.2) is 12.2 Å². The molecule has 2 fully saturated rings. The quantitative estimate of drug-likeness (QED) is 0.285. The number of esters is 2. The summed E-state index contributed by atoms with van der Waals surface area (Å²) in [4.78, 5) is 24.7. The molecule has 0 N–H and O–H groups in total. The third kappa shape index (κ3) is 7.60. The van der Waals surface area contributed by atoms with Gasteiger partial charge in [-0.2, -0.15) is 0 Å². The van der Waals surface area contributed by atoms with Crippen molar-refractivity contribution >= 4 is 11.9 Å². The molecular weight excluding hydrogens is 404 g/mol. The van der Waals surface area contributed by atoms with Crippen LogP contribution < -0.4 is 0 Å². The minimum absolute atomic E-state index is 0.198. The van der Waals surface area contributed by atoms with Crippen LogP contribution in [0.5, 0.6) is 0 Å². The highest BCUT2D eigenvalue weighted by atomic mass is 16.6. The van der Waals surface area contributed by atoms with Crippen molar-refractivity contribution in [1.29, 1.82) is 0 Å². The van der Waals surface area contributed by atoms with Gasteiger partial charge >= 0.3 is 11.9 Å². The molecule has 0 bridgehead atoms. The van der Waals surface area contributed by atoms with Crippen molar-refractivity contribution in [2.45, 2.75) is 124 Å². The summed E-state index contributed by atoms with van der Waals surface area (Å²) in [5, 5.41) is 0. The third-order valence-electron chi connectivity index (χ3n) is 7.44. The van der Waals surface area contributed by atoms with Gasteiger partial charge < -0.3 is 14.2 Å². The van der Waals surface area contributed by atoms with Crippen molar-refractivity contribution in [3.05, 3.63) is 12.2 Å². The molecule has 1 aliphatic carbocycles. The van der Waals surface area contributed by atoms with Crippen molar-refractivity contribution in [2.24, 2.45) is 17.3 Å². The molecule has 5 atom stereocenters. The molecule has 0 amide bonds. The Morgan fingerprint density at radius 3 is 2.44 bits per heavy atom. The molecule has 0 aromatic rings. The second kappa shape index (κ2) is 10.7. The average molecular weight is 451 g/mol. The first-order valence-corrected chi connectivity index (χ1v) is 12.5. The summed E-state index contributed by atoms with van der Waals surface area (Å²) >= 11 is 0. The first-order valence-electron chi connectivity index (χ1n) is 12.5. The lowest BCUT2D eigenvalue weighted by molar-refractivity contribution is -0.167. The van der Waals surface area contributed by atoms with Crippen molar-refractivity contribution in [3.8, 4) is 0 Å². The van der Waals surface area contributed by atoms with E-state index in [1.807, 2.05) is 20.8 Å². The molecule has 5 nitrogen and oxygen atoms in total. The molecule has 5 unspecified atom stereocenters. The highest BCUT2D eigenvalue weighted by Gasteiger charge is 2.51. The van der Waals surface area contributed by atoms with Crippen LogP contribution in [0, 0.1) is 17.3 Å². The van der Waals surface area contributed by atoms with Gasteiger partial charge in [0.2, 0.25) is 0 Å². The zero-order chi connectivity index (χ0) is 24.2. The molecule has 1 saturated carbocycles. The van der Waals surface area contributed by atoms with Gasteiger partial charge in [-0.15, -0.1) is 0 Å². The Hall–Kier alpha value is -1.36. The molecule has 1 saturated heterocycles. The highest BCUT2D eigenvalue weighted by Crippen LogP contribution is 2.46. The van der Waals surface area contributed by atoms with Crippen molar-refractivity contribution in [2.75, 3.05) is 6.61 Å². The van der Waals surface area contributed by atoms with Gasteiger partial charge in [-0.1, -0.05) is 47.1 Å². The Kier molecular flexibility index (Phi) is 9.00. The average Bonchev–Trinajstić information content (AvgIpc) is 3.01. The van der Waals surface area contributed by atoms with Crippen LogP contribution in [-0.4, -0.2) is 35.9 Å². The number of carbonyl (C=O) groups is 2. The fourth-order valence-corrected chi connectivity index (χ4v) is 5.03. The Morgan fingerprint density at radius 1 is 1.16 bits per heavy atom. The molecule has 2 aliphatic rings. The monoisotopic (exact) mass is 450 g/mol. The Labute approximate surface area is 195 Å². The molecule has 0 spiro atoms. The van der Waals surface area contributed by atoms with Crippen molar-refractivity contribution < 1.29 is 23.8 Å². The molecular formula is C27H46O5. The minimum atomic E-state index is -0.701. The molecule has 0 aromatic heterocycles. The van der Waals surface area contributed by atoms with Gasteiger partial charge in [-0.05, 0) is 70.6 Å². The van der Waals surface area contributed by atoms with Crippen LogP contribution in [0.2, 0.25) is 0 Å². The molecule has 1 aliphatic heterocycles. The number of ether oxygens (including phenoxy) is 3. The predicted molar refractivity (Wildman–Crippen MR) is 127 cm³/mol. The van der Waals surface area contributed by atoms with Crippen LogP contribution >= 0.6 is 0 Å². The summed E-state index contributed by atoms with van der Waals surface area (Å²) in [6.45, 7) is 18.5. The van der Waals surface area contributed by atoms with E-state index in [4.69, 9.17) is 14.2 Å². The molecule has 2 rings (SSSR count). The Morgan fingerprint density at radius 2 is 1.84 bits per heavy atom. The summed E-state index contributed by atoms with van der Waals surface area (Å²) in [6.07, 6.45) is 8.55. The van der Waals surface area contributed by atoms with Crippen LogP contribution in [0.1, 0.15) is 106 Å². The van der Waals surface area contributed by atoms with E-state index in [2.05, 4.69) is 27.4 Å². The van der Waals surface area contributed by atoms with Gasteiger partial charge in [0.1, 0.15) is 11.2 Å². The number of rotatable bonds is 10. The summed E-state index contributed by atoms with van der Waals surface area (Å²) < 4.78 is 17.7. The maximum atomic E-state index is 12.8. The standard InChI is InChI=1S/C27H46O5/c1-9-26(7,32-24(29)19(2)3)16-14-23(28)31-27(8)18-30-22-13-12-20(17-21(22)27)11-10-15-25(4,5)6/h20-22H,2,9-18H2,1,3-8H3. The zero-order valence-electron chi connectivity index (χ0n) is 21.6. The predicted octanol–water partition coefficient (Wildman–Crippen LogP) is 6.39. The maximum absolute atomic E-state index is 12.8. The lowest BCUT2D eigenvalue weighted by atomic mass is 9.72. The van der Waals surface area contributed by atoms with E-state index in [0.717, 1.165) is 12.8 Å². The van der Waals surface area contributed by atoms with Gasteiger partial charge in [0, 0.05) is 17.9 Å². The van der Waals surface area contributed by atoms with Crippen molar-refractivity contribution in [3.63, 3.8) is 0 Å². The van der Waals surface area contributed by atoms with Gasteiger partial charge in [0.05, 0.1) is 12.7 Å². The highest BCUT2D eigenvalue weighted by molar-refractivity contribution is 5.87. The van der Waals surface area contributed by atoms with Gasteiger partial charge in [-0.3, -0.25) is 4.79 Å². The van der Waals surface area contributed by atoms with E-state index in [1.54, 1.807) is 6.92 Å². The van der Waals surface area contributed by atoms with Crippen molar-refractivity contribution in [1.82, 2.24) is 0 Å². The van der Waals surface area contributed by atoms with E-state index < -0.39 is 17.2 Å². The maximum Gasteiger partial charge on any atom is 0.333 e. The largest absolute Gasteiger partial charge is 0.456 e. The summed E-state index contributed by atoms with van der Waals surface area (Å²) in [5.41, 5.74) is -0.526. The number of carbonyl (C=O) groups excluding carboxylic acids is 2. The second-order valence-corrected chi connectivity index (χ2v) is 11.8. The topological polar surface area (TPSA) is 61.8 Å². The van der Waals surface area contributed by atoms with E-state index in [1.165, 1.54) is 25.7 Å². The van der Waals surface area contributed by atoms with E-state index in [9.17, 15) is 9.59 Å². The number of hydrogen-bond acceptors (Lipinski definition) is 5. The van der Waals surface area contributed by atoms with Crippen LogP contribution in [-0.2, 0) is 23.8 Å². The first kappa shape index (κ1) is 26.9. The molecule has 0 radical (unpaired) electrons. The molecule has 1 heterocycles. The van der Waals surface area contributed by atoms with E-state index in [0.29, 0.717) is 36.4 Å². The lowest BCUT2D eigenvalue weighted by Crippen LogP contribution is -2.43. The molecule has 0 aromatic carbocycles. The first-order chi connectivity index (χ1) is 14.8. The lowest BCUT2D eigenvalue weighted by Gasteiger charge is -2.38. The number of fused-ring (bicyclic) bond motifs is 1. The fraction of sp³-hybridized carbons (Fsp3) is 0.852. The third-order valence-corrected chi connectivity index (χ3v) is 7.44. The normalized spacial score (nSPS) is 29.7. The SMILES string of the molecule is C=C(C)C(=O)OC(C)(CC)CCC(=O)OC1(C)COC2CCC(CCCC(C)(C)C)CC21. The van der Waals surface area contributed by atoms with Crippen LogP contribution in [0.25, 0.3) is 0 Å². The molecule has 184 valence electrons.